The van der Waals surface area contributed by atoms with Crippen LogP contribution in [0.2, 0.25) is 10.0 Å². The van der Waals surface area contributed by atoms with Crippen LogP contribution < -0.4 is 10.0 Å². The molecule has 3 aromatic rings. The van der Waals surface area contributed by atoms with Crippen LogP contribution in [0.15, 0.2) is 65.6 Å². The van der Waals surface area contributed by atoms with E-state index in [9.17, 15) is 22.0 Å². The van der Waals surface area contributed by atoms with Crippen molar-refractivity contribution < 1.29 is 22.0 Å². The number of anilines is 2. The van der Waals surface area contributed by atoms with Gasteiger partial charge in [0.15, 0.2) is 0 Å². The average molecular weight is 457 g/mol. The van der Waals surface area contributed by atoms with E-state index in [1.54, 1.807) is 0 Å². The lowest BCUT2D eigenvalue weighted by molar-refractivity contribution is 0.102. The van der Waals surface area contributed by atoms with Crippen LogP contribution in [-0.2, 0) is 10.0 Å². The highest BCUT2D eigenvalue weighted by molar-refractivity contribution is 7.92. The average Bonchev–Trinajstić information content (AvgIpc) is 2.66. The Kier molecular flexibility index (Phi) is 6.07. The van der Waals surface area contributed by atoms with E-state index < -0.39 is 27.6 Å². The van der Waals surface area contributed by atoms with Crippen molar-refractivity contribution in [2.75, 3.05) is 10.0 Å². The highest BCUT2D eigenvalue weighted by Crippen LogP contribution is 2.27. The summed E-state index contributed by atoms with van der Waals surface area (Å²) in [5.41, 5.74) is 0.303. The maximum Gasteiger partial charge on any atom is 0.261 e. The van der Waals surface area contributed by atoms with E-state index >= 15 is 0 Å². The number of carbonyl (C=O) groups excluding carboxylic acids is 1. The summed E-state index contributed by atoms with van der Waals surface area (Å²) < 4.78 is 53.4. The van der Waals surface area contributed by atoms with Crippen LogP contribution >= 0.6 is 23.2 Å². The van der Waals surface area contributed by atoms with Crippen LogP contribution in [0.3, 0.4) is 0 Å². The number of carbonyl (C=O) groups is 1. The minimum atomic E-state index is -4.06. The molecular weight excluding hydrogens is 445 g/mol. The lowest BCUT2D eigenvalue weighted by Crippen LogP contribution is -2.15. The van der Waals surface area contributed by atoms with Gasteiger partial charge >= 0.3 is 0 Å². The van der Waals surface area contributed by atoms with E-state index in [1.807, 2.05) is 0 Å². The second-order valence-electron chi connectivity index (χ2n) is 5.84. The second kappa shape index (κ2) is 8.36. The summed E-state index contributed by atoms with van der Waals surface area (Å²) in [5, 5.41) is 2.41. The largest absolute Gasteiger partial charge is 0.322 e. The highest BCUT2D eigenvalue weighted by Gasteiger charge is 2.18. The monoisotopic (exact) mass is 456 g/mol. The van der Waals surface area contributed by atoms with E-state index in [0.717, 1.165) is 30.3 Å². The fraction of sp³-hybridized carbons (Fsp3) is 0. The van der Waals surface area contributed by atoms with Crippen molar-refractivity contribution in [2.45, 2.75) is 4.90 Å². The minimum Gasteiger partial charge on any atom is -0.322 e. The van der Waals surface area contributed by atoms with Crippen molar-refractivity contribution in [2.24, 2.45) is 0 Å². The van der Waals surface area contributed by atoms with Crippen molar-refractivity contribution in [1.82, 2.24) is 0 Å². The molecule has 3 rings (SSSR count). The van der Waals surface area contributed by atoms with Crippen molar-refractivity contribution in [3.63, 3.8) is 0 Å². The minimum absolute atomic E-state index is 0.0409. The molecule has 29 heavy (non-hydrogen) atoms. The molecule has 0 aromatic heterocycles. The Morgan fingerprint density at radius 1 is 0.862 bits per heavy atom. The standard InChI is InChI=1S/C19H12Cl2F2N2O3S/c20-15-7-1-11(19(26)24-13-4-8-17(23)16(21)10-13)9-18(15)25-29(27,28)14-5-2-12(22)3-6-14/h1-10,25H,(H,24,26). The Morgan fingerprint density at radius 3 is 2.21 bits per heavy atom. The Labute approximate surface area is 175 Å². The molecule has 0 fully saturated rings. The topological polar surface area (TPSA) is 75.3 Å². The zero-order valence-corrected chi connectivity index (χ0v) is 16.7. The first-order valence-electron chi connectivity index (χ1n) is 8.00. The molecular formula is C19H12Cl2F2N2O3S. The van der Waals surface area contributed by atoms with Crippen molar-refractivity contribution in [3.8, 4) is 0 Å². The number of benzene rings is 3. The lowest BCUT2D eigenvalue weighted by Gasteiger charge is -2.12. The van der Waals surface area contributed by atoms with Crippen LogP contribution in [0.25, 0.3) is 0 Å². The zero-order valence-electron chi connectivity index (χ0n) is 14.4. The SMILES string of the molecule is O=C(Nc1ccc(F)c(Cl)c1)c1ccc(Cl)c(NS(=O)(=O)c2ccc(F)cc2)c1. The summed E-state index contributed by atoms with van der Waals surface area (Å²) in [6.07, 6.45) is 0. The number of hydrogen-bond donors (Lipinski definition) is 2. The Bertz CT molecular complexity index is 1190. The summed E-state index contributed by atoms with van der Waals surface area (Å²) in [4.78, 5) is 12.3. The number of halogens is 4. The van der Waals surface area contributed by atoms with Gasteiger partial charge in [-0.05, 0) is 60.7 Å². The van der Waals surface area contributed by atoms with E-state index in [4.69, 9.17) is 23.2 Å². The molecule has 1 amide bonds. The van der Waals surface area contributed by atoms with Gasteiger partial charge in [-0.15, -0.1) is 0 Å². The summed E-state index contributed by atoms with van der Waals surface area (Å²) in [6, 6.07) is 11.8. The van der Waals surface area contributed by atoms with Gasteiger partial charge in [-0.2, -0.15) is 0 Å². The van der Waals surface area contributed by atoms with Crippen LogP contribution in [0.1, 0.15) is 10.4 Å². The Balaban J connectivity index is 1.84. The summed E-state index contributed by atoms with van der Waals surface area (Å²) in [6.45, 7) is 0. The molecule has 0 aliphatic heterocycles. The van der Waals surface area contributed by atoms with E-state index in [-0.39, 0.29) is 31.9 Å². The molecule has 0 aliphatic carbocycles. The first kappa shape index (κ1) is 21.0. The van der Waals surface area contributed by atoms with Gasteiger partial charge in [-0.25, -0.2) is 17.2 Å². The molecule has 10 heteroatoms. The van der Waals surface area contributed by atoms with Gasteiger partial charge in [0.05, 0.1) is 20.6 Å². The molecule has 0 saturated heterocycles. The second-order valence-corrected chi connectivity index (χ2v) is 8.33. The highest BCUT2D eigenvalue weighted by atomic mass is 35.5. The summed E-state index contributed by atoms with van der Waals surface area (Å²) in [5.74, 6) is -1.80. The number of sulfonamides is 1. The molecule has 5 nitrogen and oxygen atoms in total. The van der Waals surface area contributed by atoms with Gasteiger partial charge in [0.2, 0.25) is 0 Å². The predicted molar refractivity (Wildman–Crippen MR) is 108 cm³/mol. The fourth-order valence-corrected chi connectivity index (χ4v) is 3.81. The first-order valence-corrected chi connectivity index (χ1v) is 10.2. The molecule has 0 heterocycles. The van der Waals surface area contributed by atoms with Crippen molar-refractivity contribution in [1.29, 1.82) is 0 Å². The van der Waals surface area contributed by atoms with Gasteiger partial charge in [-0.3, -0.25) is 9.52 Å². The van der Waals surface area contributed by atoms with Gasteiger partial charge in [0.25, 0.3) is 15.9 Å². The van der Waals surface area contributed by atoms with Crippen LogP contribution in [-0.4, -0.2) is 14.3 Å². The third-order valence-corrected chi connectivity index (χ3v) is 5.77. The molecule has 2 N–H and O–H groups in total. The quantitative estimate of drug-likeness (QED) is 0.544. The Hall–Kier alpha value is -2.68. The van der Waals surface area contributed by atoms with Gasteiger partial charge < -0.3 is 5.32 Å². The molecule has 150 valence electrons. The molecule has 0 saturated carbocycles. The predicted octanol–water partition coefficient (Wildman–Crippen LogP) is 5.32. The maximum atomic E-state index is 13.2. The van der Waals surface area contributed by atoms with E-state index in [0.29, 0.717) is 0 Å². The van der Waals surface area contributed by atoms with Gasteiger partial charge in [0.1, 0.15) is 11.6 Å². The third-order valence-electron chi connectivity index (χ3n) is 3.77. The summed E-state index contributed by atoms with van der Waals surface area (Å²) >= 11 is 11.7. The van der Waals surface area contributed by atoms with E-state index in [2.05, 4.69) is 10.0 Å². The van der Waals surface area contributed by atoms with Crippen LogP contribution in [0.5, 0.6) is 0 Å². The van der Waals surface area contributed by atoms with Gasteiger partial charge in [0, 0.05) is 11.3 Å². The number of rotatable bonds is 5. The Morgan fingerprint density at radius 2 is 1.55 bits per heavy atom. The van der Waals surface area contributed by atoms with Gasteiger partial charge in [-0.1, -0.05) is 23.2 Å². The molecule has 0 bridgehead atoms. The number of amides is 1. The first-order chi connectivity index (χ1) is 13.7. The molecule has 0 unspecified atom stereocenters. The molecule has 0 radical (unpaired) electrons. The number of nitrogens with one attached hydrogen (secondary N) is 2. The molecule has 0 atom stereocenters. The lowest BCUT2D eigenvalue weighted by atomic mass is 10.2. The van der Waals surface area contributed by atoms with Crippen LogP contribution in [0.4, 0.5) is 20.2 Å². The molecule has 0 spiro atoms. The zero-order chi connectivity index (χ0) is 21.2. The third kappa shape index (κ3) is 5.03. The normalized spacial score (nSPS) is 11.2. The molecule has 0 aliphatic rings. The van der Waals surface area contributed by atoms with Crippen molar-refractivity contribution >= 4 is 50.5 Å². The number of hydrogen-bond acceptors (Lipinski definition) is 3. The van der Waals surface area contributed by atoms with Crippen LogP contribution in [0, 0.1) is 11.6 Å². The molecule has 3 aromatic carbocycles. The fourth-order valence-electron chi connectivity index (χ4n) is 2.34. The smallest absolute Gasteiger partial charge is 0.261 e. The summed E-state index contributed by atoms with van der Waals surface area (Å²) in [7, 11) is -4.06. The van der Waals surface area contributed by atoms with Crippen molar-refractivity contribution in [3.05, 3.63) is 87.9 Å². The van der Waals surface area contributed by atoms with E-state index in [1.165, 1.54) is 30.3 Å². The maximum absolute atomic E-state index is 13.2.